The van der Waals surface area contributed by atoms with Crippen molar-refractivity contribution < 1.29 is 39.9 Å². The lowest BCUT2D eigenvalue weighted by Crippen LogP contribution is -2.62. The Morgan fingerprint density at radius 2 is 1.64 bits per heavy atom. The van der Waals surface area contributed by atoms with Crippen LogP contribution in [0.15, 0.2) is 59.7 Å². The van der Waals surface area contributed by atoms with Crippen molar-refractivity contribution >= 4 is 38.6 Å². The fraction of sp³-hybridized carbons (Fsp3) is 0.400. The highest BCUT2D eigenvalue weighted by atomic mass is 35.5. The van der Waals surface area contributed by atoms with Crippen LogP contribution in [0.5, 0.6) is 0 Å². The number of sulfonamides is 1. The third-order valence-electron chi connectivity index (χ3n) is 6.84. The molecule has 6 nitrogen and oxygen atoms in total. The molecule has 0 amide bonds. The molecule has 212 valence electrons. The number of benzene rings is 2. The molecule has 0 bridgehead atoms. The largest absolute Gasteiger partial charge is 0.431 e. The van der Waals surface area contributed by atoms with E-state index in [0.717, 1.165) is 16.1 Å². The Labute approximate surface area is 226 Å². The fourth-order valence-electron chi connectivity index (χ4n) is 4.60. The fourth-order valence-corrected chi connectivity index (χ4v) is 5.86. The molecule has 14 heteroatoms. The molecule has 4 rings (SSSR count). The van der Waals surface area contributed by atoms with Gasteiger partial charge in [-0.05, 0) is 42.2 Å². The van der Waals surface area contributed by atoms with Gasteiger partial charge in [-0.3, -0.25) is 5.01 Å². The summed E-state index contributed by atoms with van der Waals surface area (Å²) in [6.45, 7) is 2.04. The third-order valence-corrected chi connectivity index (χ3v) is 9.01. The first-order chi connectivity index (χ1) is 18.1. The molecule has 0 radical (unpaired) electrons. The minimum Gasteiger partial charge on any atom is -0.369 e. The number of nitrogens with zero attached hydrogens (tertiary/aromatic N) is 3. The molecule has 2 aromatic carbocycles. The molecule has 39 heavy (non-hydrogen) atoms. The number of anilines is 1. The Morgan fingerprint density at radius 1 is 1.03 bits per heavy atom. The maximum atomic E-state index is 13.6. The highest BCUT2D eigenvalue weighted by Crippen LogP contribution is 2.49. The van der Waals surface area contributed by atoms with E-state index in [0.29, 0.717) is 12.0 Å². The van der Waals surface area contributed by atoms with Crippen molar-refractivity contribution in [2.75, 3.05) is 23.9 Å². The summed E-state index contributed by atoms with van der Waals surface area (Å²) in [5, 5.41) is 14.6. The summed E-state index contributed by atoms with van der Waals surface area (Å²) >= 11 is 6.21. The normalized spacial score (nSPS) is 19.7. The second kappa shape index (κ2) is 10.4. The van der Waals surface area contributed by atoms with Gasteiger partial charge in [-0.15, -0.1) is 0 Å². The molecule has 0 fully saturated rings. The molecule has 2 aliphatic rings. The molecule has 1 unspecified atom stereocenters. The van der Waals surface area contributed by atoms with Crippen LogP contribution in [-0.2, 0) is 10.0 Å². The van der Waals surface area contributed by atoms with Gasteiger partial charge >= 0.3 is 12.4 Å². The molecule has 0 saturated carbocycles. The molecule has 1 atom stereocenters. The van der Waals surface area contributed by atoms with Crippen molar-refractivity contribution in [2.45, 2.75) is 43.8 Å². The Hall–Kier alpha value is -2.61. The third kappa shape index (κ3) is 5.41. The van der Waals surface area contributed by atoms with Crippen LogP contribution in [0.3, 0.4) is 0 Å². The summed E-state index contributed by atoms with van der Waals surface area (Å²) in [5.74, 6) is -0.0178. The maximum absolute atomic E-state index is 13.6. The smallest absolute Gasteiger partial charge is 0.369 e. The zero-order valence-electron chi connectivity index (χ0n) is 20.5. The van der Waals surface area contributed by atoms with E-state index in [2.05, 4.69) is 5.10 Å². The Balaban J connectivity index is 1.69. The lowest BCUT2D eigenvalue weighted by Gasteiger charge is -2.32. The minimum absolute atomic E-state index is 0.0178. The summed E-state index contributed by atoms with van der Waals surface area (Å²) in [6.07, 6.45) is -10.8. The molecule has 2 aromatic rings. The van der Waals surface area contributed by atoms with Crippen molar-refractivity contribution in [1.29, 1.82) is 0 Å². The SMILES string of the molecule is CCS(=O)(=O)N1CC=C(c2ccc(C3CC(C(O)(C(F)(F)F)C(F)(F)F)=NN3c3ccccc3Cl)cc2)CC1. The lowest BCUT2D eigenvalue weighted by atomic mass is 9.89. The predicted octanol–water partition coefficient (Wildman–Crippen LogP) is 5.94. The maximum Gasteiger partial charge on any atom is 0.431 e. The van der Waals surface area contributed by atoms with Crippen molar-refractivity contribution in [3.8, 4) is 0 Å². The Bertz CT molecular complexity index is 1380. The van der Waals surface area contributed by atoms with Gasteiger partial charge in [0.2, 0.25) is 10.0 Å². The molecule has 0 aromatic heterocycles. The number of alkyl halides is 6. The number of hydrogen-bond donors (Lipinski definition) is 1. The van der Waals surface area contributed by atoms with Crippen LogP contribution in [0.4, 0.5) is 32.0 Å². The van der Waals surface area contributed by atoms with E-state index >= 15 is 0 Å². The number of halogens is 7. The van der Waals surface area contributed by atoms with E-state index in [1.807, 2.05) is 0 Å². The van der Waals surface area contributed by atoms with Gasteiger partial charge in [0.15, 0.2) is 0 Å². The second-order valence-electron chi connectivity index (χ2n) is 9.13. The van der Waals surface area contributed by atoms with Crippen LogP contribution in [0.2, 0.25) is 5.02 Å². The summed E-state index contributed by atoms with van der Waals surface area (Å²) in [6, 6.07) is 11.2. The van der Waals surface area contributed by atoms with Crippen LogP contribution in [-0.4, -0.2) is 60.3 Å². The van der Waals surface area contributed by atoms with Gasteiger partial charge in [-0.25, -0.2) is 8.42 Å². The minimum atomic E-state index is -6.07. The number of rotatable bonds is 6. The molecular weight excluding hydrogens is 572 g/mol. The van der Waals surface area contributed by atoms with E-state index < -0.39 is 46.2 Å². The van der Waals surface area contributed by atoms with Crippen LogP contribution < -0.4 is 5.01 Å². The second-order valence-corrected chi connectivity index (χ2v) is 11.8. The quantitative estimate of drug-likeness (QED) is 0.420. The van der Waals surface area contributed by atoms with E-state index in [-0.39, 0.29) is 29.6 Å². The standard InChI is InChI=1S/C25H24ClF6N3O3S/c1-2-39(37,38)34-13-11-17(12-14-34)16-7-9-18(10-8-16)21-15-22(23(36,24(27,28)29)25(30,31)32)33-35(21)20-6-4-3-5-19(20)26/h3-11,21,36H,2,12-15H2,1H3. The molecule has 0 spiro atoms. The zero-order valence-corrected chi connectivity index (χ0v) is 22.0. The van der Waals surface area contributed by atoms with Gasteiger partial charge in [0.1, 0.15) is 0 Å². The average Bonchev–Trinajstić information content (AvgIpc) is 3.32. The van der Waals surface area contributed by atoms with Crippen LogP contribution in [0.25, 0.3) is 5.57 Å². The molecule has 0 aliphatic carbocycles. The summed E-state index contributed by atoms with van der Waals surface area (Å²) in [4.78, 5) is 0. The number of hydrazone groups is 1. The van der Waals surface area contributed by atoms with Crippen LogP contribution in [0.1, 0.15) is 36.9 Å². The summed E-state index contributed by atoms with van der Waals surface area (Å²) < 4.78 is 107. The Morgan fingerprint density at radius 3 is 2.15 bits per heavy atom. The molecule has 2 aliphatic heterocycles. The number of hydrogen-bond acceptors (Lipinski definition) is 5. The van der Waals surface area contributed by atoms with Gasteiger partial charge in [0, 0.05) is 19.5 Å². The van der Waals surface area contributed by atoms with Crippen LogP contribution >= 0.6 is 11.6 Å². The van der Waals surface area contributed by atoms with Crippen molar-refractivity contribution in [2.24, 2.45) is 5.10 Å². The summed E-state index contributed by atoms with van der Waals surface area (Å²) in [5.41, 5.74) is -4.63. The highest BCUT2D eigenvalue weighted by molar-refractivity contribution is 7.89. The monoisotopic (exact) mass is 595 g/mol. The average molecular weight is 596 g/mol. The first-order valence-electron chi connectivity index (χ1n) is 11.8. The van der Waals surface area contributed by atoms with Gasteiger partial charge < -0.3 is 5.11 Å². The van der Waals surface area contributed by atoms with Gasteiger partial charge in [0.25, 0.3) is 5.60 Å². The molecule has 1 N–H and O–H groups in total. The van der Waals surface area contributed by atoms with E-state index in [4.69, 9.17) is 11.6 Å². The zero-order chi connectivity index (χ0) is 28.8. The molecule has 2 heterocycles. The molecule has 0 saturated heterocycles. The van der Waals surface area contributed by atoms with E-state index in [1.54, 1.807) is 43.3 Å². The van der Waals surface area contributed by atoms with Gasteiger partial charge in [0.05, 0.1) is 28.2 Å². The van der Waals surface area contributed by atoms with Crippen LogP contribution in [0, 0.1) is 0 Å². The first kappa shape index (κ1) is 29.4. The van der Waals surface area contributed by atoms with Gasteiger partial charge in [-0.2, -0.15) is 35.7 Å². The van der Waals surface area contributed by atoms with Crippen molar-refractivity contribution in [3.05, 3.63) is 70.8 Å². The number of aliphatic hydroxyl groups is 1. The highest BCUT2D eigenvalue weighted by Gasteiger charge is 2.74. The van der Waals surface area contributed by atoms with E-state index in [1.165, 1.54) is 22.5 Å². The van der Waals surface area contributed by atoms with Gasteiger partial charge in [-0.1, -0.05) is 54.1 Å². The predicted molar refractivity (Wildman–Crippen MR) is 136 cm³/mol. The first-order valence-corrected chi connectivity index (χ1v) is 13.8. The Kier molecular flexibility index (Phi) is 7.85. The summed E-state index contributed by atoms with van der Waals surface area (Å²) in [7, 11) is -3.34. The van der Waals surface area contributed by atoms with Crippen molar-refractivity contribution in [1.82, 2.24) is 4.31 Å². The van der Waals surface area contributed by atoms with Crippen molar-refractivity contribution in [3.63, 3.8) is 0 Å². The van der Waals surface area contributed by atoms with E-state index in [9.17, 15) is 39.9 Å². The number of para-hydroxylation sites is 1. The molecular formula is C25H24ClF6N3O3S. The lowest BCUT2D eigenvalue weighted by molar-refractivity contribution is -0.338. The topological polar surface area (TPSA) is 73.2 Å².